The lowest BCUT2D eigenvalue weighted by molar-refractivity contribution is 0.435. The smallest absolute Gasteiger partial charge is 0.122 e. The van der Waals surface area contributed by atoms with Crippen LogP contribution >= 0.6 is 0 Å². The molecule has 3 N–H and O–H groups in total. The van der Waals surface area contributed by atoms with E-state index >= 15 is 0 Å². The van der Waals surface area contributed by atoms with Gasteiger partial charge >= 0.3 is 0 Å². The number of aryl methyl sites for hydroxylation is 2. The molecule has 3 heteroatoms. The predicted octanol–water partition coefficient (Wildman–Crippen LogP) is 7.80. The first kappa shape index (κ1) is 27.3. The summed E-state index contributed by atoms with van der Waals surface area (Å²) in [7, 11) is 0. The van der Waals surface area contributed by atoms with Crippen molar-refractivity contribution in [3.05, 3.63) is 88.0 Å². The van der Waals surface area contributed by atoms with Gasteiger partial charge in [0.1, 0.15) is 17.2 Å². The van der Waals surface area contributed by atoms with E-state index < -0.39 is 0 Å². The van der Waals surface area contributed by atoms with Gasteiger partial charge < -0.3 is 15.3 Å². The Kier molecular flexibility index (Phi) is 8.83. The van der Waals surface area contributed by atoms with Crippen molar-refractivity contribution in [2.75, 3.05) is 0 Å². The van der Waals surface area contributed by atoms with Gasteiger partial charge in [-0.2, -0.15) is 0 Å². The summed E-state index contributed by atoms with van der Waals surface area (Å²) in [6, 6.07) is 17.1. The first-order chi connectivity index (χ1) is 15.8. The first-order valence-electron chi connectivity index (χ1n) is 12.2. The Bertz CT molecular complexity index is 1010. The summed E-state index contributed by atoms with van der Waals surface area (Å²) in [5, 5.41) is 30.6. The topological polar surface area (TPSA) is 60.7 Å². The average Bonchev–Trinajstić information content (AvgIpc) is 2.75. The fourth-order valence-electron chi connectivity index (χ4n) is 3.98. The van der Waals surface area contributed by atoms with Gasteiger partial charge in [-0.05, 0) is 69.2 Å². The molecule has 0 aromatic heterocycles. The van der Waals surface area contributed by atoms with Gasteiger partial charge in [0.25, 0.3) is 0 Å². The number of rotatable bonds is 4. The molecule has 0 aliphatic carbocycles. The maximum atomic E-state index is 11.0. The van der Waals surface area contributed by atoms with Gasteiger partial charge in [0, 0.05) is 6.42 Å². The van der Waals surface area contributed by atoms with Gasteiger partial charge in [-0.25, -0.2) is 0 Å². The van der Waals surface area contributed by atoms with Crippen molar-refractivity contribution >= 4 is 0 Å². The van der Waals surface area contributed by atoms with Crippen LogP contribution in [0.5, 0.6) is 17.2 Å². The molecule has 184 valence electrons. The average molecular weight is 463 g/mol. The van der Waals surface area contributed by atoms with Gasteiger partial charge in [-0.3, -0.25) is 0 Å². The van der Waals surface area contributed by atoms with Crippen LogP contribution in [-0.4, -0.2) is 15.3 Å². The van der Waals surface area contributed by atoms with Crippen LogP contribution in [0, 0.1) is 0 Å². The van der Waals surface area contributed by atoms with Gasteiger partial charge in [0.2, 0.25) is 0 Å². The van der Waals surface area contributed by atoms with Crippen LogP contribution in [0.2, 0.25) is 0 Å². The molecule has 0 fully saturated rings. The van der Waals surface area contributed by atoms with E-state index in [4.69, 9.17) is 5.11 Å². The minimum atomic E-state index is -0.131. The van der Waals surface area contributed by atoms with Crippen molar-refractivity contribution in [3.8, 4) is 17.2 Å². The van der Waals surface area contributed by atoms with E-state index in [-0.39, 0.29) is 10.8 Å². The van der Waals surface area contributed by atoms with Crippen molar-refractivity contribution in [1.29, 1.82) is 0 Å². The molecule has 0 aliphatic rings. The molecule has 3 rings (SSSR count). The minimum Gasteiger partial charge on any atom is -0.508 e. The van der Waals surface area contributed by atoms with Crippen molar-refractivity contribution < 1.29 is 15.3 Å². The zero-order chi connectivity index (χ0) is 25.7. The highest BCUT2D eigenvalue weighted by molar-refractivity contribution is 5.53. The highest BCUT2D eigenvalue weighted by Gasteiger charge is 2.24. The highest BCUT2D eigenvalue weighted by atomic mass is 16.3. The Balaban J connectivity index is 0.000000497. The molecule has 3 aromatic carbocycles. The molecule has 0 aliphatic heterocycles. The Morgan fingerprint density at radius 1 is 0.588 bits per heavy atom. The van der Waals surface area contributed by atoms with Crippen LogP contribution in [0.4, 0.5) is 0 Å². The molecule has 3 aromatic rings. The van der Waals surface area contributed by atoms with Gasteiger partial charge in [0.15, 0.2) is 0 Å². The summed E-state index contributed by atoms with van der Waals surface area (Å²) in [5.41, 5.74) is 5.90. The number of aromatic hydroxyl groups is 3. The van der Waals surface area contributed by atoms with Gasteiger partial charge in [0.05, 0.1) is 0 Å². The molecule has 0 saturated carbocycles. The normalized spacial score (nSPS) is 11.6. The first-order valence-corrected chi connectivity index (χ1v) is 12.2. The van der Waals surface area contributed by atoms with Crippen molar-refractivity contribution in [3.63, 3.8) is 0 Å². The quantitative estimate of drug-likeness (QED) is 0.371. The maximum absolute atomic E-state index is 11.0. The number of phenols is 3. The van der Waals surface area contributed by atoms with Gasteiger partial charge in [-0.15, -0.1) is 0 Å². The lowest BCUT2D eigenvalue weighted by Gasteiger charge is -2.25. The van der Waals surface area contributed by atoms with Gasteiger partial charge in [-0.1, -0.05) is 97.9 Å². The molecule has 0 saturated heterocycles. The predicted molar refractivity (Wildman–Crippen MR) is 143 cm³/mol. The summed E-state index contributed by atoms with van der Waals surface area (Å²) in [6.07, 6.45) is 2.38. The molecule has 3 nitrogen and oxygen atoms in total. The monoisotopic (exact) mass is 462 g/mol. The molecule has 0 bridgehead atoms. The second-order valence-electron chi connectivity index (χ2n) is 11.0. The fraction of sp³-hybridized carbons (Fsp3) is 0.419. The Morgan fingerprint density at radius 2 is 0.971 bits per heavy atom. The zero-order valence-electron chi connectivity index (χ0n) is 22.2. The zero-order valence-corrected chi connectivity index (χ0v) is 22.2. The Morgan fingerprint density at radius 3 is 1.24 bits per heavy atom. The van der Waals surface area contributed by atoms with Crippen LogP contribution in [0.25, 0.3) is 0 Å². The van der Waals surface area contributed by atoms with Crippen molar-refractivity contribution in [1.82, 2.24) is 0 Å². The van der Waals surface area contributed by atoms with Crippen molar-refractivity contribution in [2.45, 2.75) is 85.5 Å². The fourth-order valence-corrected chi connectivity index (χ4v) is 3.98. The number of hydrogen-bond acceptors (Lipinski definition) is 3. The molecular weight excluding hydrogens is 420 g/mol. The maximum Gasteiger partial charge on any atom is 0.122 e. The molecule has 0 radical (unpaired) electrons. The number of benzene rings is 3. The summed E-state index contributed by atoms with van der Waals surface area (Å²) in [6.45, 7) is 17.0. The number of para-hydroxylation sites is 1. The second-order valence-corrected chi connectivity index (χ2v) is 11.0. The standard InChI is InChI=1S/C25H36O2.C6H6O/c1-9-16-11-18(22(26)20(13-16)24(3,4)5)15-19-12-17(10-2)14-21(23(19)27)25(6,7)8;7-6-4-2-1-3-5-6/h11-14,26-27H,9-10,15H2,1-8H3;1-5,7H. The minimum absolute atomic E-state index is 0.131. The second kappa shape index (κ2) is 11.0. The van der Waals surface area contributed by atoms with E-state index in [0.717, 1.165) is 35.1 Å². The van der Waals surface area contributed by atoms with Crippen LogP contribution in [-0.2, 0) is 30.1 Å². The highest BCUT2D eigenvalue weighted by Crippen LogP contribution is 2.39. The molecule has 0 heterocycles. The molecule has 0 spiro atoms. The van der Waals surface area contributed by atoms with E-state index in [2.05, 4.69) is 79.7 Å². The molecule has 34 heavy (non-hydrogen) atoms. The SMILES string of the molecule is CCc1cc(Cc2cc(CC)cc(C(C)(C)C)c2O)c(O)c(C(C)(C)C)c1.Oc1ccccc1. The Labute approximate surface area is 206 Å². The van der Waals surface area contributed by atoms with Crippen LogP contribution < -0.4 is 0 Å². The number of hydrogen-bond donors (Lipinski definition) is 3. The van der Waals surface area contributed by atoms with Crippen LogP contribution in [0.3, 0.4) is 0 Å². The van der Waals surface area contributed by atoms with E-state index in [1.807, 2.05) is 6.07 Å². The third-order valence-corrected chi connectivity index (χ3v) is 6.07. The summed E-state index contributed by atoms with van der Waals surface area (Å²) in [5.74, 6) is 1.04. The largest absolute Gasteiger partial charge is 0.508 e. The number of phenolic OH excluding ortho intramolecular Hbond substituents is 3. The third-order valence-electron chi connectivity index (χ3n) is 6.07. The van der Waals surface area contributed by atoms with Crippen molar-refractivity contribution in [2.24, 2.45) is 0 Å². The summed E-state index contributed by atoms with van der Waals surface area (Å²) < 4.78 is 0. The Hall–Kier alpha value is -2.94. The molecule has 0 atom stereocenters. The van der Waals surface area contributed by atoms with Crippen LogP contribution in [0.15, 0.2) is 54.6 Å². The van der Waals surface area contributed by atoms with E-state index in [1.54, 1.807) is 24.3 Å². The summed E-state index contributed by atoms with van der Waals surface area (Å²) >= 11 is 0. The third kappa shape index (κ3) is 7.03. The molecule has 0 unspecified atom stereocenters. The van der Waals surface area contributed by atoms with Crippen LogP contribution in [0.1, 0.15) is 88.8 Å². The van der Waals surface area contributed by atoms with E-state index in [1.165, 1.54) is 11.1 Å². The summed E-state index contributed by atoms with van der Waals surface area (Å²) in [4.78, 5) is 0. The van der Waals surface area contributed by atoms with E-state index in [0.29, 0.717) is 23.7 Å². The molecular formula is C31H42O3. The lowest BCUT2D eigenvalue weighted by atomic mass is 9.81. The molecule has 0 amide bonds. The van der Waals surface area contributed by atoms with E-state index in [9.17, 15) is 10.2 Å². The lowest BCUT2D eigenvalue weighted by Crippen LogP contribution is -2.14.